The summed E-state index contributed by atoms with van der Waals surface area (Å²) in [6.45, 7) is 4.75. The zero-order valence-corrected chi connectivity index (χ0v) is 18.2. The average molecular weight is 441 g/mol. The number of esters is 2. The molecule has 3 aliphatic heterocycles. The number of rotatable bonds is 5. The molecule has 0 amide bonds. The van der Waals surface area contributed by atoms with Crippen molar-refractivity contribution in [3.8, 4) is 11.5 Å². The molecule has 170 valence electrons. The summed E-state index contributed by atoms with van der Waals surface area (Å²) < 4.78 is 22.8. The number of aliphatic hydroxyl groups is 1. The second-order valence-electron chi connectivity index (χ2n) is 8.84. The summed E-state index contributed by atoms with van der Waals surface area (Å²) in [7, 11) is 0. The fourth-order valence-corrected chi connectivity index (χ4v) is 5.48. The van der Waals surface area contributed by atoms with Crippen molar-refractivity contribution in [1.82, 2.24) is 4.90 Å². The third-order valence-electron chi connectivity index (χ3n) is 6.71. The fourth-order valence-electron chi connectivity index (χ4n) is 5.48. The molecule has 3 heterocycles. The number of hydrogen-bond donors (Lipinski definition) is 1. The molecule has 6 unspecified atom stereocenters. The summed E-state index contributed by atoms with van der Waals surface area (Å²) in [5.41, 5.74) is 1.56. The van der Waals surface area contributed by atoms with Gasteiger partial charge in [0.05, 0.1) is 17.9 Å². The van der Waals surface area contributed by atoms with Crippen molar-refractivity contribution in [1.29, 1.82) is 0 Å². The number of carbonyl (C=O) groups excluding carboxylic acids is 2. The molecule has 0 radical (unpaired) electrons. The van der Waals surface area contributed by atoms with E-state index in [0.717, 1.165) is 16.9 Å². The highest BCUT2D eigenvalue weighted by Gasteiger charge is 2.61. The lowest BCUT2D eigenvalue weighted by molar-refractivity contribution is -0.152. The van der Waals surface area contributed by atoms with E-state index in [1.165, 1.54) is 6.08 Å². The second kappa shape index (κ2) is 7.94. The fraction of sp³-hybridized carbons (Fsp3) is 0.500. The molecular formula is C24H27NO7. The number of hydrogen-bond acceptors (Lipinski definition) is 8. The molecule has 8 heteroatoms. The zero-order valence-electron chi connectivity index (χ0n) is 18.2. The molecule has 5 rings (SSSR count). The predicted molar refractivity (Wildman–Crippen MR) is 113 cm³/mol. The first kappa shape index (κ1) is 21.0. The number of carbonyl (C=O) groups is 2. The van der Waals surface area contributed by atoms with Crippen LogP contribution in [0.2, 0.25) is 0 Å². The summed E-state index contributed by atoms with van der Waals surface area (Å²) in [5.74, 6) is 0.602. The van der Waals surface area contributed by atoms with Crippen LogP contribution in [0.15, 0.2) is 36.4 Å². The molecule has 6 atom stereocenters. The molecule has 32 heavy (non-hydrogen) atoms. The lowest BCUT2D eigenvalue weighted by Crippen LogP contribution is -2.53. The molecule has 1 aromatic rings. The Morgan fingerprint density at radius 1 is 1.31 bits per heavy atom. The first-order chi connectivity index (χ1) is 15.4. The second-order valence-corrected chi connectivity index (χ2v) is 8.84. The van der Waals surface area contributed by atoms with Crippen LogP contribution in [-0.2, 0) is 31.0 Å². The highest BCUT2D eigenvalue weighted by Crippen LogP contribution is 2.54. The van der Waals surface area contributed by atoms with Crippen LogP contribution in [0.4, 0.5) is 0 Å². The van der Waals surface area contributed by atoms with Crippen LogP contribution >= 0.6 is 0 Å². The monoisotopic (exact) mass is 441 g/mol. The van der Waals surface area contributed by atoms with E-state index in [1.54, 1.807) is 19.9 Å². The van der Waals surface area contributed by atoms with Crippen molar-refractivity contribution in [2.45, 2.75) is 63.0 Å². The number of fused-ring (bicyclic) bond motifs is 2. The van der Waals surface area contributed by atoms with Gasteiger partial charge in [0.2, 0.25) is 6.79 Å². The molecule has 1 aromatic carbocycles. The summed E-state index contributed by atoms with van der Waals surface area (Å²) in [4.78, 5) is 26.8. The minimum absolute atomic E-state index is 0.00636. The van der Waals surface area contributed by atoms with Gasteiger partial charge in [-0.2, -0.15) is 0 Å². The zero-order chi connectivity index (χ0) is 22.5. The van der Waals surface area contributed by atoms with Gasteiger partial charge in [-0.3, -0.25) is 9.69 Å². The molecule has 1 N–H and O–H groups in total. The van der Waals surface area contributed by atoms with Crippen LogP contribution in [0.25, 0.3) is 0 Å². The van der Waals surface area contributed by atoms with E-state index in [9.17, 15) is 14.7 Å². The van der Waals surface area contributed by atoms with Crippen LogP contribution in [0.3, 0.4) is 0 Å². The van der Waals surface area contributed by atoms with Crippen molar-refractivity contribution in [2.75, 3.05) is 13.3 Å². The lowest BCUT2D eigenvalue weighted by atomic mass is 9.65. The summed E-state index contributed by atoms with van der Waals surface area (Å²) >= 11 is 0. The Balaban J connectivity index is 1.54. The summed E-state index contributed by atoms with van der Waals surface area (Å²) in [6.07, 6.45) is 5.98. The molecule has 2 bridgehead atoms. The number of aliphatic hydroxyl groups excluding tert-OH is 1. The van der Waals surface area contributed by atoms with E-state index >= 15 is 0 Å². The van der Waals surface area contributed by atoms with Gasteiger partial charge in [-0.15, -0.1) is 0 Å². The number of ether oxygens (including phenoxy) is 4. The van der Waals surface area contributed by atoms with Crippen LogP contribution in [0.5, 0.6) is 11.5 Å². The molecule has 0 saturated carbocycles. The Morgan fingerprint density at radius 2 is 2.09 bits per heavy atom. The maximum absolute atomic E-state index is 12.5. The highest BCUT2D eigenvalue weighted by molar-refractivity contribution is 5.82. The Hall–Kier alpha value is -2.84. The lowest BCUT2D eigenvalue weighted by Gasteiger charge is -2.46. The molecule has 1 saturated heterocycles. The van der Waals surface area contributed by atoms with Gasteiger partial charge >= 0.3 is 11.9 Å². The maximum atomic E-state index is 12.5. The topological polar surface area (TPSA) is 94.5 Å². The third-order valence-corrected chi connectivity index (χ3v) is 6.71. The maximum Gasteiger partial charge on any atom is 0.331 e. The van der Waals surface area contributed by atoms with E-state index in [4.69, 9.17) is 18.9 Å². The molecular weight excluding hydrogens is 414 g/mol. The molecule has 0 spiro atoms. The average Bonchev–Trinajstić information content (AvgIpc) is 3.27. The van der Waals surface area contributed by atoms with Crippen LogP contribution in [0.1, 0.15) is 37.8 Å². The van der Waals surface area contributed by atoms with Gasteiger partial charge < -0.3 is 24.1 Å². The van der Waals surface area contributed by atoms with Crippen molar-refractivity contribution >= 4 is 11.9 Å². The van der Waals surface area contributed by atoms with E-state index in [2.05, 4.69) is 4.90 Å². The number of benzene rings is 1. The van der Waals surface area contributed by atoms with Crippen LogP contribution < -0.4 is 9.47 Å². The highest BCUT2D eigenvalue weighted by atomic mass is 16.7. The van der Waals surface area contributed by atoms with Gasteiger partial charge in [0.1, 0.15) is 12.2 Å². The van der Waals surface area contributed by atoms with Crippen LogP contribution in [0, 0.1) is 0 Å². The molecule has 1 aliphatic carbocycles. The molecule has 4 aliphatic rings. The smallest absolute Gasteiger partial charge is 0.331 e. The first-order valence-corrected chi connectivity index (χ1v) is 11.0. The van der Waals surface area contributed by atoms with E-state index in [-0.39, 0.29) is 31.3 Å². The number of allylic oxidation sites excluding steroid dienone is 1. The van der Waals surface area contributed by atoms with Crippen molar-refractivity contribution in [3.63, 3.8) is 0 Å². The van der Waals surface area contributed by atoms with Crippen LogP contribution in [-0.4, -0.2) is 59.6 Å². The normalized spacial score (nSPS) is 32.3. The Kier molecular flexibility index (Phi) is 5.22. The minimum Gasteiger partial charge on any atom is -0.460 e. The third kappa shape index (κ3) is 3.38. The SMILES string of the molecule is CC=CC(=O)OC1C=CC23c4cc5c(cc4CN(CC2OC(=O)CC(C)O)C3C1)OCO5. The van der Waals surface area contributed by atoms with Gasteiger partial charge in [0.15, 0.2) is 11.5 Å². The van der Waals surface area contributed by atoms with Gasteiger partial charge in [0, 0.05) is 31.6 Å². The van der Waals surface area contributed by atoms with Crippen molar-refractivity contribution < 1.29 is 33.6 Å². The Bertz CT molecular complexity index is 1000. The van der Waals surface area contributed by atoms with Gasteiger partial charge in [-0.1, -0.05) is 12.2 Å². The predicted octanol–water partition coefficient (Wildman–Crippen LogP) is 1.98. The standard InChI is InChI=1S/C24H27NO7/c1-3-4-22(27)31-16-5-6-24-17-10-19-18(29-13-30-19)8-15(17)11-25(20(24)9-16)12-21(24)32-23(28)7-14(2)26/h3-6,8,10,14,16,20-21,26H,7,9,11-13H2,1-2H3. The molecule has 1 fully saturated rings. The molecule has 8 nitrogen and oxygen atoms in total. The largest absolute Gasteiger partial charge is 0.460 e. The first-order valence-electron chi connectivity index (χ1n) is 11.0. The quantitative estimate of drug-likeness (QED) is 0.421. The molecule has 0 aromatic heterocycles. The van der Waals surface area contributed by atoms with Crippen molar-refractivity contribution in [2.24, 2.45) is 0 Å². The summed E-state index contributed by atoms with van der Waals surface area (Å²) in [5, 5.41) is 9.63. The van der Waals surface area contributed by atoms with Crippen molar-refractivity contribution in [3.05, 3.63) is 47.6 Å². The summed E-state index contributed by atoms with van der Waals surface area (Å²) in [6, 6.07) is 4.00. The number of nitrogens with zero attached hydrogens (tertiary/aromatic N) is 1. The van der Waals surface area contributed by atoms with Gasteiger partial charge in [-0.25, -0.2) is 4.79 Å². The van der Waals surface area contributed by atoms with E-state index in [1.807, 2.05) is 24.3 Å². The minimum atomic E-state index is -0.768. The van der Waals surface area contributed by atoms with E-state index in [0.29, 0.717) is 25.3 Å². The Morgan fingerprint density at radius 3 is 2.84 bits per heavy atom. The Labute approximate surface area is 186 Å². The van der Waals surface area contributed by atoms with Gasteiger partial charge in [-0.05, 0) is 43.2 Å². The van der Waals surface area contributed by atoms with Gasteiger partial charge in [0.25, 0.3) is 0 Å². The van der Waals surface area contributed by atoms with E-state index < -0.39 is 23.6 Å².